The minimum atomic E-state index is 0.0595. The second-order valence-electron chi connectivity index (χ2n) is 4.78. The van der Waals surface area contributed by atoms with Gasteiger partial charge in [-0.2, -0.15) is 5.10 Å². The van der Waals surface area contributed by atoms with Gasteiger partial charge in [0.1, 0.15) is 0 Å². The number of nitrogens with one attached hydrogen (secondary N) is 1. The van der Waals surface area contributed by atoms with E-state index in [2.05, 4.69) is 10.4 Å². The molecule has 5 heteroatoms. The Bertz CT molecular complexity index is 407. The third kappa shape index (κ3) is 2.66. The maximum absolute atomic E-state index is 12.2. The Balaban J connectivity index is 2.01. The molecule has 1 N–H and O–H groups in total. The summed E-state index contributed by atoms with van der Waals surface area (Å²) in [4.78, 5) is 14.0. The number of rotatable bonds is 3. The molecule has 1 saturated heterocycles. The largest absolute Gasteiger partial charge is 0.340 e. The van der Waals surface area contributed by atoms with Crippen LogP contribution in [-0.4, -0.2) is 46.8 Å². The lowest BCUT2D eigenvalue weighted by molar-refractivity contribution is 0.0783. The van der Waals surface area contributed by atoms with Gasteiger partial charge in [-0.1, -0.05) is 0 Å². The quantitative estimate of drug-likeness (QED) is 0.834. The van der Waals surface area contributed by atoms with Crippen LogP contribution >= 0.6 is 0 Å². The lowest BCUT2D eigenvalue weighted by Crippen LogP contribution is -2.38. The molecule has 2 heterocycles. The number of carbonyl (C=O) groups excluding carboxylic acids is 1. The van der Waals surface area contributed by atoms with E-state index in [1.54, 1.807) is 15.8 Å². The number of hydrogen-bond donors (Lipinski definition) is 1. The number of carbonyl (C=O) groups is 1. The van der Waals surface area contributed by atoms with Crippen LogP contribution in [0, 0.1) is 6.92 Å². The second kappa shape index (κ2) is 4.87. The molecule has 0 aromatic carbocycles. The average molecular weight is 236 g/mol. The molecular formula is C12H20N4O. The van der Waals surface area contributed by atoms with Crippen LogP contribution in [0.3, 0.4) is 0 Å². The van der Waals surface area contributed by atoms with Gasteiger partial charge < -0.3 is 10.2 Å². The van der Waals surface area contributed by atoms with E-state index < -0.39 is 0 Å². The molecule has 5 nitrogen and oxygen atoms in total. The van der Waals surface area contributed by atoms with E-state index in [0.29, 0.717) is 11.6 Å². The van der Waals surface area contributed by atoms with E-state index in [9.17, 15) is 4.79 Å². The third-order valence-electron chi connectivity index (χ3n) is 3.25. The molecule has 1 aromatic heterocycles. The van der Waals surface area contributed by atoms with Gasteiger partial charge in [-0.25, -0.2) is 0 Å². The highest BCUT2D eigenvalue weighted by Gasteiger charge is 2.21. The van der Waals surface area contributed by atoms with Crippen LogP contribution in [0.1, 0.15) is 28.9 Å². The van der Waals surface area contributed by atoms with Crippen molar-refractivity contribution < 1.29 is 4.79 Å². The third-order valence-corrected chi connectivity index (χ3v) is 3.25. The Kier molecular flexibility index (Phi) is 3.47. The molecule has 0 bridgehead atoms. The van der Waals surface area contributed by atoms with Crippen molar-refractivity contribution in [3.63, 3.8) is 0 Å². The first-order valence-electron chi connectivity index (χ1n) is 6.07. The molecule has 94 valence electrons. The Labute approximate surface area is 102 Å². The van der Waals surface area contributed by atoms with Crippen molar-refractivity contribution in [2.45, 2.75) is 25.8 Å². The van der Waals surface area contributed by atoms with E-state index >= 15 is 0 Å². The van der Waals surface area contributed by atoms with Crippen LogP contribution in [0.4, 0.5) is 0 Å². The average Bonchev–Trinajstić information content (AvgIpc) is 2.87. The van der Waals surface area contributed by atoms with Gasteiger partial charge in [0.05, 0.1) is 11.3 Å². The summed E-state index contributed by atoms with van der Waals surface area (Å²) in [6, 6.07) is 0.445. The van der Waals surface area contributed by atoms with Crippen LogP contribution in [0.2, 0.25) is 0 Å². The predicted octanol–water partition coefficient (Wildman–Crippen LogP) is 0.553. The van der Waals surface area contributed by atoms with Crippen molar-refractivity contribution in [2.75, 3.05) is 20.1 Å². The van der Waals surface area contributed by atoms with E-state index in [0.717, 1.165) is 25.2 Å². The maximum Gasteiger partial charge on any atom is 0.257 e. The van der Waals surface area contributed by atoms with Crippen LogP contribution < -0.4 is 5.32 Å². The van der Waals surface area contributed by atoms with Gasteiger partial charge >= 0.3 is 0 Å². The van der Waals surface area contributed by atoms with Crippen LogP contribution in [0.25, 0.3) is 0 Å². The van der Waals surface area contributed by atoms with Crippen LogP contribution in [-0.2, 0) is 7.05 Å². The SMILES string of the molecule is Cc1nn(C)cc1C(=O)N(C)CC1CCCN1. The monoisotopic (exact) mass is 236 g/mol. The molecule has 0 aliphatic carbocycles. The molecule has 1 fully saturated rings. The summed E-state index contributed by atoms with van der Waals surface area (Å²) in [7, 11) is 3.69. The molecule has 2 rings (SSSR count). The van der Waals surface area contributed by atoms with Gasteiger partial charge in [0.25, 0.3) is 5.91 Å². The van der Waals surface area contributed by atoms with E-state index in [1.165, 1.54) is 6.42 Å². The molecule has 1 aromatic rings. The van der Waals surface area contributed by atoms with E-state index in [1.807, 2.05) is 21.0 Å². The van der Waals surface area contributed by atoms with Gasteiger partial charge in [0.2, 0.25) is 0 Å². The highest BCUT2D eigenvalue weighted by molar-refractivity contribution is 5.94. The molecule has 0 saturated carbocycles. The highest BCUT2D eigenvalue weighted by atomic mass is 16.2. The topological polar surface area (TPSA) is 50.2 Å². The maximum atomic E-state index is 12.2. The van der Waals surface area contributed by atoms with Gasteiger partial charge in [0, 0.05) is 32.9 Å². The number of amides is 1. The zero-order chi connectivity index (χ0) is 12.4. The summed E-state index contributed by atoms with van der Waals surface area (Å²) >= 11 is 0. The zero-order valence-corrected chi connectivity index (χ0v) is 10.7. The lowest BCUT2D eigenvalue weighted by atomic mass is 10.2. The Morgan fingerprint density at radius 2 is 2.47 bits per heavy atom. The van der Waals surface area contributed by atoms with E-state index in [4.69, 9.17) is 0 Å². The Morgan fingerprint density at radius 3 is 3.00 bits per heavy atom. The van der Waals surface area contributed by atoms with Crippen LogP contribution in [0.15, 0.2) is 6.20 Å². The summed E-state index contributed by atoms with van der Waals surface area (Å²) in [5.74, 6) is 0.0595. The fourth-order valence-electron chi connectivity index (χ4n) is 2.34. The molecule has 1 atom stereocenters. The molecule has 1 aliphatic heterocycles. The fraction of sp³-hybridized carbons (Fsp3) is 0.667. The van der Waals surface area contributed by atoms with Crippen molar-refractivity contribution in [3.05, 3.63) is 17.5 Å². The summed E-state index contributed by atoms with van der Waals surface area (Å²) < 4.78 is 1.68. The van der Waals surface area contributed by atoms with Crippen LogP contribution in [0.5, 0.6) is 0 Å². The molecule has 1 unspecified atom stereocenters. The van der Waals surface area contributed by atoms with Gasteiger partial charge in [-0.05, 0) is 26.3 Å². The van der Waals surface area contributed by atoms with Gasteiger partial charge in [0.15, 0.2) is 0 Å². The first-order chi connectivity index (χ1) is 8.08. The predicted molar refractivity (Wildman–Crippen MR) is 65.9 cm³/mol. The summed E-state index contributed by atoms with van der Waals surface area (Å²) in [6.07, 6.45) is 4.15. The molecular weight excluding hydrogens is 216 g/mol. The fourth-order valence-corrected chi connectivity index (χ4v) is 2.34. The summed E-state index contributed by atoms with van der Waals surface area (Å²) in [5.41, 5.74) is 1.50. The number of likely N-dealkylation sites (N-methyl/N-ethyl adjacent to an activating group) is 1. The molecule has 1 aliphatic rings. The van der Waals surface area contributed by atoms with Crippen molar-refractivity contribution >= 4 is 5.91 Å². The first-order valence-corrected chi connectivity index (χ1v) is 6.07. The molecule has 17 heavy (non-hydrogen) atoms. The molecule has 0 spiro atoms. The van der Waals surface area contributed by atoms with Crippen molar-refractivity contribution in [2.24, 2.45) is 7.05 Å². The standard InChI is InChI=1S/C12H20N4O/c1-9-11(8-16(3)14-9)12(17)15(2)7-10-5-4-6-13-10/h8,10,13H,4-7H2,1-3H3. The Hall–Kier alpha value is -1.36. The van der Waals surface area contributed by atoms with Crippen molar-refractivity contribution in [1.82, 2.24) is 20.0 Å². The minimum absolute atomic E-state index is 0.0595. The first kappa shape index (κ1) is 12.1. The number of aryl methyl sites for hydroxylation is 2. The minimum Gasteiger partial charge on any atom is -0.340 e. The highest BCUT2D eigenvalue weighted by Crippen LogP contribution is 2.11. The zero-order valence-electron chi connectivity index (χ0n) is 10.7. The number of nitrogens with zero attached hydrogens (tertiary/aromatic N) is 3. The summed E-state index contributed by atoms with van der Waals surface area (Å²) in [5, 5.41) is 7.60. The smallest absolute Gasteiger partial charge is 0.257 e. The van der Waals surface area contributed by atoms with E-state index in [-0.39, 0.29) is 5.91 Å². The molecule has 0 radical (unpaired) electrons. The van der Waals surface area contributed by atoms with Crippen molar-refractivity contribution in [3.8, 4) is 0 Å². The number of aromatic nitrogens is 2. The van der Waals surface area contributed by atoms with Crippen molar-refractivity contribution in [1.29, 1.82) is 0 Å². The Morgan fingerprint density at radius 1 is 1.71 bits per heavy atom. The lowest BCUT2D eigenvalue weighted by Gasteiger charge is -2.21. The normalized spacial score (nSPS) is 19.6. The van der Waals surface area contributed by atoms with Gasteiger partial charge in [-0.3, -0.25) is 9.48 Å². The van der Waals surface area contributed by atoms with Gasteiger partial charge in [-0.15, -0.1) is 0 Å². The number of hydrogen-bond acceptors (Lipinski definition) is 3. The second-order valence-corrected chi connectivity index (χ2v) is 4.78. The molecule has 1 amide bonds. The summed E-state index contributed by atoms with van der Waals surface area (Å²) in [6.45, 7) is 3.71.